The molecule has 0 aliphatic rings. The van der Waals surface area contributed by atoms with Crippen LogP contribution in [0.2, 0.25) is 0 Å². The van der Waals surface area contributed by atoms with Gasteiger partial charge in [-0.2, -0.15) is 0 Å². The van der Waals surface area contributed by atoms with E-state index in [2.05, 4.69) is 28.8 Å². The predicted molar refractivity (Wildman–Crippen MR) is 63.7 cm³/mol. The summed E-state index contributed by atoms with van der Waals surface area (Å²) in [5, 5.41) is 3.50. The van der Waals surface area contributed by atoms with Crippen molar-refractivity contribution in [2.45, 2.75) is 38.6 Å². The third-order valence-electron chi connectivity index (χ3n) is 2.39. The standard InChI is InChI=1S/C12H21N3/c1-3-5-6-7-11(13-8-4-2)12-14-9-10-15-12/h3,9-11,13H,1,4-8H2,2H3,(H,14,15). The number of aromatic nitrogens is 2. The Bertz CT molecular complexity index is 254. The summed E-state index contributed by atoms with van der Waals surface area (Å²) in [5.41, 5.74) is 0. The fraction of sp³-hybridized carbons (Fsp3) is 0.583. The number of hydrogen-bond acceptors (Lipinski definition) is 2. The second-order valence-electron chi connectivity index (χ2n) is 3.70. The van der Waals surface area contributed by atoms with Gasteiger partial charge in [0.25, 0.3) is 0 Å². The van der Waals surface area contributed by atoms with Gasteiger partial charge in [0.1, 0.15) is 5.82 Å². The summed E-state index contributed by atoms with van der Waals surface area (Å²) in [5.74, 6) is 1.05. The Hall–Kier alpha value is -1.09. The quantitative estimate of drug-likeness (QED) is 0.508. The van der Waals surface area contributed by atoms with Crippen molar-refractivity contribution < 1.29 is 0 Å². The average Bonchev–Trinajstić information content (AvgIpc) is 2.76. The van der Waals surface area contributed by atoms with Gasteiger partial charge in [0, 0.05) is 12.4 Å². The molecule has 0 aliphatic carbocycles. The molecule has 0 saturated heterocycles. The fourth-order valence-corrected chi connectivity index (χ4v) is 1.59. The number of H-pyrrole nitrogens is 1. The Morgan fingerprint density at radius 2 is 2.53 bits per heavy atom. The monoisotopic (exact) mass is 207 g/mol. The maximum Gasteiger partial charge on any atom is 0.123 e. The molecule has 0 spiro atoms. The molecule has 0 aliphatic heterocycles. The second kappa shape index (κ2) is 7.23. The Balaban J connectivity index is 2.42. The lowest BCUT2D eigenvalue weighted by Gasteiger charge is -2.15. The number of nitrogens with zero attached hydrogens (tertiary/aromatic N) is 1. The molecular formula is C12H21N3. The van der Waals surface area contributed by atoms with Gasteiger partial charge in [-0.15, -0.1) is 6.58 Å². The fourth-order valence-electron chi connectivity index (χ4n) is 1.59. The summed E-state index contributed by atoms with van der Waals surface area (Å²) in [6.07, 6.45) is 10.2. The van der Waals surface area contributed by atoms with Gasteiger partial charge < -0.3 is 10.3 Å². The van der Waals surface area contributed by atoms with Crippen molar-refractivity contribution in [1.82, 2.24) is 15.3 Å². The third kappa shape index (κ3) is 4.30. The highest BCUT2D eigenvalue weighted by atomic mass is 15.0. The van der Waals surface area contributed by atoms with Crippen LogP contribution in [0.15, 0.2) is 25.0 Å². The molecule has 1 aromatic rings. The normalized spacial score (nSPS) is 12.6. The highest BCUT2D eigenvalue weighted by molar-refractivity contribution is 4.95. The van der Waals surface area contributed by atoms with Gasteiger partial charge in [0.15, 0.2) is 0 Å². The topological polar surface area (TPSA) is 40.7 Å². The van der Waals surface area contributed by atoms with Crippen molar-refractivity contribution in [3.63, 3.8) is 0 Å². The third-order valence-corrected chi connectivity index (χ3v) is 2.39. The Kier molecular flexibility index (Phi) is 5.78. The average molecular weight is 207 g/mol. The van der Waals surface area contributed by atoms with E-state index in [1.165, 1.54) is 0 Å². The SMILES string of the molecule is C=CCCCC(NCCC)c1ncc[nH]1. The first-order valence-electron chi connectivity index (χ1n) is 5.72. The Labute approximate surface area is 92.0 Å². The minimum absolute atomic E-state index is 0.361. The zero-order valence-electron chi connectivity index (χ0n) is 9.50. The van der Waals surface area contributed by atoms with Gasteiger partial charge in [-0.25, -0.2) is 4.98 Å². The number of aromatic amines is 1. The summed E-state index contributed by atoms with van der Waals surface area (Å²) in [7, 11) is 0. The summed E-state index contributed by atoms with van der Waals surface area (Å²) < 4.78 is 0. The molecule has 0 aromatic carbocycles. The molecule has 84 valence electrons. The summed E-state index contributed by atoms with van der Waals surface area (Å²) in [4.78, 5) is 7.48. The number of imidazole rings is 1. The molecule has 1 aromatic heterocycles. The lowest BCUT2D eigenvalue weighted by atomic mass is 10.1. The van der Waals surface area contributed by atoms with Crippen LogP contribution in [0.5, 0.6) is 0 Å². The van der Waals surface area contributed by atoms with E-state index in [0.29, 0.717) is 6.04 Å². The van der Waals surface area contributed by atoms with Crippen LogP contribution >= 0.6 is 0 Å². The van der Waals surface area contributed by atoms with Crippen LogP contribution in [-0.2, 0) is 0 Å². The van der Waals surface area contributed by atoms with Crippen LogP contribution in [0, 0.1) is 0 Å². The van der Waals surface area contributed by atoms with Crippen molar-refractivity contribution in [1.29, 1.82) is 0 Å². The van der Waals surface area contributed by atoms with Crippen LogP contribution in [0.25, 0.3) is 0 Å². The van der Waals surface area contributed by atoms with Crippen LogP contribution in [-0.4, -0.2) is 16.5 Å². The van der Waals surface area contributed by atoms with E-state index in [-0.39, 0.29) is 0 Å². The van der Waals surface area contributed by atoms with Crippen LogP contribution in [0.3, 0.4) is 0 Å². The molecule has 0 amide bonds. The number of unbranched alkanes of at least 4 members (excludes halogenated alkanes) is 1. The molecule has 0 saturated carbocycles. The first-order chi connectivity index (χ1) is 7.38. The van der Waals surface area contributed by atoms with E-state index >= 15 is 0 Å². The molecule has 0 bridgehead atoms. The molecular weight excluding hydrogens is 186 g/mol. The molecule has 3 nitrogen and oxygen atoms in total. The summed E-state index contributed by atoms with van der Waals surface area (Å²) in [6, 6.07) is 0.361. The van der Waals surface area contributed by atoms with Crippen molar-refractivity contribution >= 4 is 0 Å². The maximum atomic E-state index is 4.30. The van der Waals surface area contributed by atoms with Gasteiger partial charge in [-0.3, -0.25) is 0 Å². The number of allylic oxidation sites excluding steroid dienone is 1. The van der Waals surface area contributed by atoms with E-state index < -0.39 is 0 Å². The molecule has 3 heteroatoms. The first kappa shape index (κ1) is 12.0. The molecule has 1 unspecified atom stereocenters. The van der Waals surface area contributed by atoms with Gasteiger partial charge in [0.05, 0.1) is 6.04 Å². The number of nitrogens with one attached hydrogen (secondary N) is 2. The van der Waals surface area contributed by atoms with Gasteiger partial charge in [-0.05, 0) is 32.2 Å². The van der Waals surface area contributed by atoms with Gasteiger partial charge in [0.2, 0.25) is 0 Å². The Morgan fingerprint density at radius 1 is 1.67 bits per heavy atom. The zero-order chi connectivity index (χ0) is 10.9. The molecule has 0 radical (unpaired) electrons. The van der Waals surface area contributed by atoms with E-state index in [1.54, 1.807) is 0 Å². The van der Waals surface area contributed by atoms with E-state index in [4.69, 9.17) is 0 Å². The van der Waals surface area contributed by atoms with E-state index in [0.717, 1.165) is 38.1 Å². The van der Waals surface area contributed by atoms with Crippen LogP contribution in [0.4, 0.5) is 0 Å². The van der Waals surface area contributed by atoms with E-state index in [9.17, 15) is 0 Å². The van der Waals surface area contributed by atoms with Crippen LogP contribution < -0.4 is 5.32 Å². The maximum absolute atomic E-state index is 4.30. The van der Waals surface area contributed by atoms with Gasteiger partial charge in [-0.1, -0.05) is 13.0 Å². The zero-order valence-corrected chi connectivity index (χ0v) is 9.50. The molecule has 1 rings (SSSR count). The highest BCUT2D eigenvalue weighted by Gasteiger charge is 2.11. The summed E-state index contributed by atoms with van der Waals surface area (Å²) >= 11 is 0. The molecule has 1 heterocycles. The summed E-state index contributed by atoms with van der Waals surface area (Å²) in [6.45, 7) is 6.96. The van der Waals surface area contributed by atoms with Crippen molar-refractivity contribution in [2.75, 3.05) is 6.54 Å². The van der Waals surface area contributed by atoms with Crippen molar-refractivity contribution in [3.05, 3.63) is 30.9 Å². The minimum atomic E-state index is 0.361. The minimum Gasteiger partial charge on any atom is -0.347 e. The largest absolute Gasteiger partial charge is 0.347 e. The van der Waals surface area contributed by atoms with Gasteiger partial charge >= 0.3 is 0 Å². The second-order valence-corrected chi connectivity index (χ2v) is 3.70. The molecule has 0 fully saturated rings. The highest BCUT2D eigenvalue weighted by Crippen LogP contribution is 2.15. The van der Waals surface area contributed by atoms with Crippen molar-refractivity contribution in [2.24, 2.45) is 0 Å². The lowest BCUT2D eigenvalue weighted by molar-refractivity contribution is 0.468. The van der Waals surface area contributed by atoms with Crippen molar-refractivity contribution in [3.8, 4) is 0 Å². The molecule has 15 heavy (non-hydrogen) atoms. The number of hydrogen-bond donors (Lipinski definition) is 2. The predicted octanol–water partition coefficient (Wildman–Crippen LogP) is 2.81. The van der Waals surface area contributed by atoms with E-state index in [1.807, 2.05) is 18.5 Å². The first-order valence-corrected chi connectivity index (χ1v) is 5.72. The smallest absolute Gasteiger partial charge is 0.123 e. The lowest BCUT2D eigenvalue weighted by Crippen LogP contribution is -2.23. The molecule has 2 N–H and O–H groups in total. The number of rotatable bonds is 8. The Morgan fingerprint density at radius 3 is 3.13 bits per heavy atom. The van der Waals surface area contributed by atoms with Crippen LogP contribution in [0.1, 0.15) is 44.5 Å². The molecule has 1 atom stereocenters.